The van der Waals surface area contributed by atoms with Crippen molar-refractivity contribution in [2.24, 2.45) is 4.99 Å². The summed E-state index contributed by atoms with van der Waals surface area (Å²) in [5, 5.41) is 9.55. The first-order valence-electron chi connectivity index (χ1n) is 8.58. The fourth-order valence-electron chi connectivity index (χ4n) is 2.35. The van der Waals surface area contributed by atoms with E-state index in [-0.39, 0.29) is 10.8 Å². The Hall–Kier alpha value is -1.30. The number of amidine groups is 1. The molecule has 0 saturated carbocycles. The zero-order chi connectivity index (χ0) is 17.1. The van der Waals surface area contributed by atoms with Crippen LogP contribution in [-0.4, -0.2) is 40.1 Å². The molecule has 5 nitrogen and oxygen atoms in total. The van der Waals surface area contributed by atoms with Crippen LogP contribution < -0.4 is 0 Å². The van der Waals surface area contributed by atoms with E-state index < -0.39 is 5.97 Å². The molecule has 0 radical (unpaired) electrons. The predicted octanol–water partition coefficient (Wildman–Crippen LogP) is 4.05. The Bertz CT molecular complexity index is 461. The van der Waals surface area contributed by atoms with E-state index in [0.29, 0.717) is 18.3 Å². The van der Waals surface area contributed by atoms with E-state index in [1.54, 1.807) is 4.90 Å². The second kappa shape index (κ2) is 11.3. The number of carbonyl (C=O) groups excluding carboxylic acids is 1. The smallest absolute Gasteiger partial charge is 0.329 e. The summed E-state index contributed by atoms with van der Waals surface area (Å²) in [7, 11) is 0. The van der Waals surface area contributed by atoms with Gasteiger partial charge in [0.2, 0.25) is 0 Å². The van der Waals surface area contributed by atoms with E-state index in [0.717, 1.165) is 44.6 Å². The van der Waals surface area contributed by atoms with E-state index >= 15 is 0 Å². The van der Waals surface area contributed by atoms with Gasteiger partial charge in [0.1, 0.15) is 0 Å². The largest absolute Gasteiger partial charge is 0.478 e. The van der Waals surface area contributed by atoms with Crippen LogP contribution in [0.25, 0.3) is 0 Å². The van der Waals surface area contributed by atoms with Gasteiger partial charge < -0.3 is 5.11 Å². The van der Waals surface area contributed by atoms with E-state index in [2.05, 4.69) is 18.8 Å². The molecule has 0 aliphatic carbocycles. The first-order chi connectivity index (χ1) is 11.1. The first kappa shape index (κ1) is 19.7. The summed E-state index contributed by atoms with van der Waals surface area (Å²) in [5.41, 5.74) is 0. The number of rotatable bonds is 11. The molecule has 0 spiro atoms. The molecule has 0 bridgehead atoms. The number of thioether (sulfide) groups is 1. The van der Waals surface area contributed by atoms with Crippen LogP contribution in [-0.2, 0) is 9.59 Å². The Labute approximate surface area is 143 Å². The van der Waals surface area contributed by atoms with Crippen molar-refractivity contribution in [3.8, 4) is 0 Å². The highest BCUT2D eigenvalue weighted by atomic mass is 32.2. The number of aliphatic imine (C=N–C) groups is 1. The average molecular weight is 340 g/mol. The highest BCUT2D eigenvalue weighted by Gasteiger charge is 2.33. The molecule has 1 aliphatic rings. The summed E-state index contributed by atoms with van der Waals surface area (Å²) < 4.78 is 0. The molecule has 1 aliphatic heterocycles. The van der Waals surface area contributed by atoms with Crippen LogP contribution in [0.15, 0.2) is 16.0 Å². The summed E-state index contributed by atoms with van der Waals surface area (Å²) in [6.07, 6.45) is 9.81. The maximum atomic E-state index is 12.3. The summed E-state index contributed by atoms with van der Waals surface area (Å²) in [6, 6.07) is 0. The van der Waals surface area contributed by atoms with Gasteiger partial charge in [-0.15, -0.1) is 0 Å². The lowest BCUT2D eigenvalue weighted by molar-refractivity contribution is -0.132. The Morgan fingerprint density at radius 1 is 1.13 bits per heavy atom. The number of unbranched alkanes of at least 4 members (excludes halogenated alkanes) is 6. The molecular formula is C17H28N2O3S. The molecule has 1 amide bonds. The van der Waals surface area contributed by atoms with Gasteiger partial charge in [-0.25, -0.2) is 4.79 Å². The molecule has 0 atom stereocenters. The Morgan fingerprint density at radius 2 is 1.78 bits per heavy atom. The minimum atomic E-state index is -1.09. The highest BCUT2D eigenvalue weighted by molar-refractivity contribution is 8.18. The lowest BCUT2D eigenvalue weighted by Gasteiger charge is -2.15. The van der Waals surface area contributed by atoms with Crippen LogP contribution in [0.1, 0.15) is 65.2 Å². The zero-order valence-corrected chi connectivity index (χ0v) is 15.0. The van der Waals surface area contributed by atoms with Gasteiger partial charge in [-0.1, -0.05) is 52.4 Å². The van der Waals surface area contributed by atoms with Gasteiger partial charge in [0.25, 0.3) is 5.91 Å². The lowest BCUT2D eigenvalue weighted by atomic mass is 10.2. The Balaban J connectivity index is 2.67. The normalized spacial score (nSPS) is 18.3. The van der Waals surface area contributed by atoms with Crippen molar-refractivity contribution < 1.29 is 14.7 Å². The third-order valence-corrected chi connectivity index (χ3v) is 4.68. The van der Waals surface area contributed by atoms with Gasteiger partial charge in [0.05, 0.1) is 4.91 Å². The predicted molar refractivity (Wildman–Crippen MR) is 95.6 cm³/mol. The van der Waals surface area contributed by atoms with Crippen molar-refractivity contribution in [3.05, 3.63) is 11.0 Å². The van der Waals surface area contributed by atoms with Gasteiger partial charge in [0, 0.05) is 19.2 Å². The lowest BCUT2D eigenvalue weighted by Crippen LogP contribution is -2.30. The average Bonchev–Trinajstić information content (AvgIpc) is 2.79. The summed E-state index contributed by atoms with van der Waals surface area (Å²) in [6.45, 7) is 5.63. The fraction of sp³-hybridized carbons (Fsp3) is 0.706. The minimum Gasteiger partial charge on any atom is -0.478 e. The molecule has 23 heavy (non-hydrogen) atoms. The molecular weight excluding hydrogens is 312 g/mol. The zero-order valence-electron chi connectivity index (χ0n) is 14.2. The fourth-order valence-corrected chi connectivity index (χ4v) is 3.34. The van der Waals surface area contributed by atoms with Gasteiger partial charge in [-0.2, -0.15) is 0 Å². The summed E-state index contributed by atoms with van der Waals surface area (Å²) >= 11 is 1.19. The van der Waals surface area contributed by atoms with Crippen LogP contribution >= 0.6 is 11.8 Å². The second-order valence-electron chi connectivity index (χ2n) is 5.69. The number of nitrogens with zero attached hydrogens (tertiary/aromatic N) is 2. The summed E-state index contributed by atoms with van der Waals surface area (Å²) in [5.74, 6) is -1.31. The topological polar surface area (TPSA) is 70.0 Å². The number of carboxylic acids is 1. The molecule has 0 aromatic heterocycles. The molecule has 130 valence electrons. The van der Waals surface area contributed by atoms with Crippen LogP contribution in [0.4, 0.5) is 0 Å². The van der Waals surface area contributed by atoms with Gasteiger partial charge >= 0.3 is 5.97 Å². The van der Waals surface area contributed by atoms with Crippen molar-refractivity contribution in [1.82, 2.24) is 4.90 Å². The quantitative estimate of drug-likeness (QED) is 0.455. The number of hydrogen-bond donors (Lipinski definition) is 1. The molecule has 0 unspecified atom stereocenters. The molecule has 1 N–H and O–H groups in total. The third-order valence-electron chi connectivity index (χ3n) is 3.64. The molecule has 0 aromatic rings. The number of aliphatic carboxylic acids is 1. The van der Waals surface area contributed by atoms with Crippen molar-refractivity contribution in [3.63, 3.8) is 0 Å². The third kappa shape index (κ3) is 7.20. The molecule has 1 heterocycles. The Morgan fingerprint density at radius 3 is 2.39 bits per heavy atom. The maximum Gasteiger partial charge on any atom is 0.329 e. The van der Waals surface area contributed by atoms with Gasteiger partial charge in [-0.3, -0.25) is 14.7 Å². The SMILES string of the molecule is CCCCCCN=C1SC(=CC(=O)O)C(=O)N1CCCCCC. The van der Waals surface area contributed by atoms with Crippen molar-refractivity contribution in [2.45, 2.75) is 65.2 Å². The van der Waals surface area contributed by atoms with Crippen LogP contribution in [0.3, 0.4) is 0 Å². The van der Waals surface area contributed by atoms with Crippen LogP contribution in [0.5, 0.6) is 0 Å². The number of amides is 1. The van der Waals surface area contributed by atoms with E-state index in [1.807, 2.05) is 0 Å². The molecule has 1 saturated heterocycles. The molecule has 1 rings (SSSR count). The van der Waals surface area contributed by atoms with Gasteiger partial charge in [-0.05, 0) is 24.6 Å². The molecule has 6 heteroatoms. The second-order valence-corrected chi connectivity index (χ2v) is 6.70. The standard InChI is InChI=1S/C17H28N2O3S/c1-3-5-7-9-11-18-17-19(12-10-8-6-4-2)16(22)14(23-17)13-15(20)21/h13H,3-12H2,1-2H3,(H,20,21). The monoisotopic (exact) mass is 340 g/mol. The highest BCUT2D eigenvalue weighted by Crippen LogP contribution is 2.31. The minimum absolute atomic E-state index is 0.221. The van der Waals surface area contributed by atoms with Crippen LogP contribution in [0, 0.1) is 0 Å². The number of carboxylic acid groups (broad SMARTS) is 1. The van der Waals surface area contributed by atoms with Crippen molar-refractivity contribution in [1.29, 1.82) is 0 Å². The molecule has 1 fully saturated rings. The van der Waals surface area contributed by atoms with Gasteiger partial charge in [0.15, 0.2) is 5.17 Å². The molecule has 0 aromatic carbocycles. The maximum absolute atomic E-state index is 12.3. The number of hydrogen-bond acceptors (Lipinski definition) is 4. The van der Waals surface area contributed by atoms with E-state index in [4.69, 9.17) is 5.11 Å². The summed E-state index contributed by atoms with van der Waals surface area (Å²) in [4.78, 5) is 29.6. The van der Waals surface area contributed by atoms with Crippen molar-refractivity contribution >= 4 is 28.8 Å². The van der Waals surface area contributed by atoms with E-state index in [1.165, 1.54) is 24.6 Å². The Kier molecular flexibility index (Phi) is 9.67. The first-order valence-corrected chi connectivity index (χ1v) is 9.40. The van der Waals surface area contributed by atoms with Crippen LogP contribution in [0.2, 0.25) is 0 Å². The van der Waals surface area contributed by atoms with Crippen molar-refractivity contribution in [2.75, 3.05) is 13.1 Å². The number of carbonyl (C=O) groups is 2. The van der Waals surface area contributed by atoms with E-state index in [9.17, 15) is 9.59 Å².